The average molecular weight is 140 g/mol. The molecular weight excluding hydrogens is 122 g/mol. The van der Waals surface area contributed by atoms with E-state index in [1.807, 2.05) is 0 Å². The van der Waals surface area contributed by atoms with E-state index in [2.05, 4.69) is 26.9 Å². The van der Waals surface area contributed by atoms with Crippen molar-refractivity contribution in [1.82, 2.24) is 0 Å². The fraction of sp³-hybridized carbons (Fsp3) is 0.778. The van der Waals surface area contributed by atoms with Crippen LogP contribution in [0.25, 0.3) is 0 Å². The Balaban J connectivity index is 3.85. The molecule has 0 radical (unpaired) electrons. The van der Waals surface area contributed by atoms with Gasteiger partial charge in [0.25, 0.3) is 0 Å². The highest BCUT2D eigenvalue weighted by atomic mass is 15.3. The van der Waals surface area contributed by atoms with E-state index >= 15 is 0 Å². The van der Waals surface area contributed by atoms with Gasteiger partial charge in [0.2, 0.25) is 0 Å². The molecule has 0 atom stereocenters. The van der Waals surface area contributed by atoms with Crippen molar-refractivity contribution in [2.24, 2.45) is 0 Å². The molecule has 0 aliphatic carbocycles. The van der Waals surface area contributed by atoms with Crippen LogP contribution in [-0.4, -0.2) is 24.6 Å². The lowest BCUT2D eigenvalue weighted by Crippen LogP contribution is -2.39. The van der Waals surface area contributed by atoms with Crippen LogP contribution in [0.4, 0.5) is 0 Å². The summed E-state index contributed by atoms with van der Waals surface area (Å²) in [4.78, 5) is 0. The molecule has 0 heterocycles. The van der Waals surface area contributed by atoms with Crippen LogP contribution in [0.2, 0.25) is 0 Å². The SMILES string of the molecule is C#C[N+](C)(CCC)CCC. The second kappa shape index (κ2) is 4.35. The van der Waals surface area contributed by atoms with Crippen LogP contribution in [0.5, 0.6) is 0 Å². The van der Waals surface area contributed by atoms with Crippen molar-refractivity contribution in [1.29, 1.82) is 0 Å². The predicted octanol–water partition coefficient (Wildman–Crippen LogP) is 1.84. The standard InChI is InChI=1S/C9H18N/c1-5-8-10(4,7-3)9-6-2/h3H,5-6,8-9H2,1-2,4H3/q+1. The largest absolute Gasteiger partial charge is 0.249 e. The smallest absolute Gasteiger partial charge is 0.133 e. The molecule has 0 aromatic carbocycles. The van der Waals surface area contributed by atoms with Gasteiger partial charge >= 0.3 is 0 Å². The highest BCUT2D eigenvalue weighted by molar-refractivity contribution is 4.71. The van der Waals surface area contributed by atoms with Gasteiger partial charge < -0.3 is 0 Å². The molecule has 0 fully saturated rings. The fourth-order valence-electron chi connectivity index (χ4n) is 1.23. The van der Waals surface area contributed by atoms with E-state index in [4.69, 9.17) is 6.42 Å². The lowest BCUT2D eigenvalue weighted by molar-refractivity contribution is -0.843. The quantitative estimate of drug-likeness (QED) is 0.413. The summed E-state index contributed by atoms with van der Waals surface area (Å²) in [6, 6.07) is 2.82. The van der Waals surface area contributed by atoms with Crippen molar-refractivity contribution in [3.63, 3.8) is 0 Å². The molecule has 0 saturated heterocycles. The summed E-state index contributed by atoms with van der Waals surface area (Å²) in [5.74, 6) is 0. The van der Waals surface area contributed by atoms with E-state index in [0.717, 1.165) is 17.6 Å². The number of hydrogen-bond donors (Lipinski definition) is 0. The zero-order valence-electron chi connectivity index (χ0n) is 7.35. The minimum atomic E-state index is 0.785. The number of hydrogen-bond acceptors (Lipinski definition) is 0. The van der Waals surface area contributed by atoms with Crippen LogP contribution >= 0.6 is 0 Å². The van der Waals surface area contributed by atoms with Gasteiger partial charge in [0, 0.05) is 0 Å². The Labute approximate surface area is 64.6 Å². The van der Waals surface area contributed by atoms with Gasteiger partial charge in [-0.25, -0.2) is 4.48 Å². The van der Waals surface area contributed by atoms with Crippen LogP contribution in [0.1, 0.15) is 26.7 Å². The lowest BCUT2D eigenvalue weighted by Gasteiger charge is -2.25. The minimum absolute atomic E-state index is 0.785. The van der Waals surface area contributed by atoms with Crippen LogP contribution in [0, 0.1) is 12.5 Å². The zero-order chi connectivity index (χ0) is 8.04. The van der Waals surface area contributed by atoms with E-state index in [1.165, 1.54) is 12.8 Å². The van der Waals surface area contributed by atoms with Gasteiger partial charge in [-0.15, -0.1) is 0 Å². The third-order valence-electron chi connectivity index (χ3n) is 1.75. The van der Waals surface area contributed by atoms with Gasteiger partial charge in [-0.2, -0.15) is 0 Å². The normalized spacial score (nSPS) is 11.0. The molecule has 0 aromatic rings. The molecule has 0 spiro atoms. The summed E-state index contributed by atoms with van der Waals surface area (Å²) in [6.07, 6.45) is 7.74. The van der Waals surface area contributed by atoms with E-state index in [9.17, 15) is 0 Å². The molecule has 0 unspecified atom stereocenters. The summed E-state index contributed by atoms with van der Waals surface area (Å²) in [6.45, 7) is 6.54. The molecule has 0 aliphatic rings. The van der Waals surface area contributed by atoms with Crippen LogP contribution in [0.15, 0.2) is 0 Å². The van der Waals surface area contributed by atoms with Gasteiger partial charge in [-0.3, -0.25) is 0 Å². The minimum Gasteiger partial charge on any atom is -0.249 e. The third-order valence-corrected chi connectivity index (χ3v) is 1.75. The van der Waals surface area contributed by atoms with E-state index in [-0.39, 0.29) is 0 Å². The van der Waals surface area contributed by atoms with Crippen LogP contribution in [0.3, 0.4) is 0 Å². The van der Waals surface area contributed by atoms with Crippen molar-refractivity contribution in [3.8, 4) is 12.5 Å². The molecule has 1 heteroatoms. The topological polar surface area (TPSA) is 0 Å². The van der Waals surface area contributed by atoms with E-state index < -0.39 is 0 Å². The zero-order valence-corrected chi connectivity index (χ0v) is 7.35. The number of rotatable bonds is 4. The van der Waals surface area contributed by atoms with Crippen molar-refractivity contribution < 1.29 is 4.48 Å². The van der Waals surface area contributed by atoms with Crippen molar-refractivity contribution in [3.05, 3.63) is 0 Å². The van der Waals surface area contributed by atoms with Gasteiger partial charge in [-0.1, -0.05) is 20.3 Å². The fourth-order valence-corrected chi connectivity index (χ4v) is 1.23. The summed E-state index contributed by atoms with van der Waals surface area (Å²) in [5.41, 5.74) is 0. The molecular formula is C9H18N+. The first kappa shape index (κ1) is 9.52. The summed E-state index contributed by atoms with van der Waals surface area (Å²) in [5, 5.41) is 0. The van der Waals surface area contributed by atoms with E-state index in [0.29, 0.717) is 0 Å². The lowest BCUT2D eigenvalue weighted by atomic mass is 10.3. The van der Waals surface area contributed by atoms with Crippen LogP contribution in [-0.2, 0) is 0 Å². The Hall–Kier alpha value is -0.480. The first-order valence-electron chi connectivity index (χ1n) is 4.01. The highest BCUT2D eigenvalue weighted by Gasteiger charge is 2.15. The third kappa shape index (κ3) is 2.89. The molecule has 0 N–H and O–H groups in total. The Kier molecular flexibility index (Phi) is 4.14. The average Bonchev–Trinajstić information content (AvgIpc) is 1.89. The number of terminal acetylenes is 1. The molecule has 0 saturated carbocycles. The van der Waals surface area contributed by atoms with Gasteiger partial charge in [0.1, 0.15) is 6.04 Å². The molecule has 1 nitrogen and oxygen atoms in total. The Morgan fingerprint density at radius 2 is 1.60 bits per heavy atom. The maximum atomic E-state index is 5.40. The molecule has 58 valence electrons. The Bertz CT molecular complexity index is 115. The molecule has 0 rings (SSSR count). The van der Waals surface area contributed by atoms with Crippen molar-refractivity contribution >= 4 is 0 Å². The van der Waals surface area contributed by atoms with Gasteiger partial charge in [-0.05, 0) is 12.8 Å². The predicted molar refractivity (Wildman–Crippen MR) is 45.3 cm³/mol. The van der Waals surface area contributed by atoms with Crippen LogP contribution < -0.4 is 0 Å². The van der Waals surface area contributed by atoms with Gasteiger partial charge in [0.15, 0.2) is 0 Å². The van der Waals surface area contributed by atoms with E-state index in [1.54, 1.807) is 0 Å². The summed E-state index contributed by atoms with van der Waals surface area (Å²) in [7, 11) is 2.12. The molecule has 0 aliphatic heterocycles. The first-order chi connectivity index (χ1) is 4.68. The molecule has 0 bridgehead atoms. The molecule has 0 amide bonds. The Morgan fingerprint density at radius 1 is 1.20 bits per heavy atom. The first-order valence-corrected chi connectivity index (χ1v) is 4.01. The summed E-state index contributed by atoms with van der Waals surface area (Å²) >= 11 is 0. The monoisotopic (exact) mass is 140 g/mol. The second-order valence-electron chi connectivity index (χ2n) is 2.97. The van der Waals surface area contributed by atoms with Crippen molar-refractivity contribution in [2.75, 3.05) is 20.1 Å². The molecule has 0 aromatic heterocycles. The van der Waals surface area contributed by atoms with Crippen molar-refractivity contribution in [2.45, 2.75) is 26.7 Å². The second-order valence-corrected chi connectivity index (χ2v) is 2.97. The number of nitrogens with zero attached hydrogens (tertiary/aromatic N) is 1. The maximum Gasteiger partial charge on any atom is 0.133 e. The Morgan fingerprint density at radius 3 is 1.80 bits per heavy atom. The maximum absolute atomic E-state index is 5.40. The van der Waals surface area contributed by atoms with Gasteiger partial charge in [0.05, 0.1) is 20.1 Å². The molecule has 10 heavy (non-hydrogen) atoms. The number of quaternary nitrogens is 1. The highest BCUT2D eigenvalue weighted by Crippen LogP contribution is 2.02. The summed E-state index contributed by atoms with van der Waals surface area (Å²) < 4.78 is 0.785.